The Morgan fingerprint density at radius 3 is 2.55 bits per heavy atom. The number of hydrogen-bond donors (Lipinski definition) is 1. The van der Waals surface area contributed by atoms with Gasteiger partial charge in [0, 0.05) is 26.2 Å². The van der Waals surface area contributed by atoms with E-state index in [1.165, 1.54) is 38.8 Å². The highest BCUT2D eigenvalue weighted by molar-refractivity contribution is 14.0. The van der Waals surface area contributed by atoms with Crippen LogP contribution in [0.5, 0.6) is 0 Å². The molecule has 0 unspecified atom stereocenters. The number of halogens is 1. The monoisotopic (exact) mass is 394 g/mol. The van der Waals surface area contributed by atoms with Gasteiger partial charge in [0.25, 0.3) is 0 Å². The van der Waals surface area contributed by atoms with Gasteiger partial charge in [-0.15, -0.1) is 24.0 Å². The predicted octanol–water partition coefficient (Wildman–Crippen LogP) is 2.40. The van der Waals surface area contributed by atoms with Crippen molar-refractivity contribution >= 4 is 29.9 Å². The molecule has 1 heterocycles. The highest BCUT2D eigenvalue weighted by Crippen LogP contribution is 2.47. The van der Waals surface area contributed by atoms with Gasteiger partial charge in [0.1, 0.15) is 0 Å². The molecule has 4 nitrogen and oxygen atoms in total. The van der Waals surface area contributed by atoms with Gasteiger partial charge in [-0.3, -0.25) is 4.99 Å². The van der Waals surface area contributed by atoms with Gasteiger partial charge in [0.2, 0.25) is 0 Å². The lowest BCUT2D eigenvalue weighted by Gasteiger charge is -2.38. The normalized spacial score (nSPS) is 21.0. The second-order valence-corrected chi connectivity index (χ2v) is 6.16. The summed E-state index contributed by atoms with van der Waals surface area (Å²) in [4.78, 5) is 9.59. The van der Waals surface area contributed by atoms with Crippen molar-refractivity contribution in [2.45, 2.75) is 39.5 Å². The summed E-state index contributed by atoms with van der Waals surface area (Å²) in [6.45, 7) is 10.8. The first-order valence-corrected chi connectivity index (χ1v) is 7.91. The standard InChI is InChI=1S/C15H30N4.HI/c1-4-16-14(17-10-12-18(3)5-2)19-11-9-15(13-19)7-6-8-15;/h4-13H2,1-3H3,(H,16,17);1H. The topological polar surface area (TPSA) is 30.9 Å². The molecule has 0 atom stereocenters. The molecule has 1 saturated heterocycles. The van der Waals surface area contributed by atoms with Gasteiger partial charge >= 0.3 is 0 Å². The largest absolute Gasteiger partial charge is 0.357 e. The van der Waals surface area contributed by atoms with Crippen LogP contribution in [0.2, 0.25) is 0 Å². The molecule has 5 heteroatoms. The molecule has 0 aromatic carbocycles. The summed E-state index contributed by atoms with van der Waals surface area (Å²) >= 11 is 0. The summed E-state index contributed by atoms with van der Waals surface area (Å²) < 4.78 is 0. The molecule has 0 aromatic heterocycles. The van der Waals surface area contributed by atoms with E-state index < -0.39 is 0 Å². The third kappa shape index (κ3) is 4.48. The lowest BCUT2D eigenvalue weighted by atomic mass is 9.68. The molecule has 1 N–H and O–H groups in total. The van der Waals surface area contributed by atoms with Crippen LogP contribution in [-0.2, 0) is 0 Å². The number of hydrogen-bond acceptors (Lipinski definition) is 2. The number of rotatable bonds is 5. The van der Waals surface area contributed by atoms with Gasteiger partial charge in [0.05, 0.1) is 6.54 Å². The van der Waals surface area contributed by atoms with Crippen molar-refractivity contribution in [1.29, 1.82) is 0 Å². The Bertz CT molecular complexity index is 315. The third-order valence-electron chi connectivity index (χ3n) is 4.77. The Kier molecular flexibility index (Phi) is 7.58. The molecule has 1 aliphatic heterocycles. The fraction of sp³-hybridized carbons (Fsp3) is 0.933. The van der Waals surface area contributed by atoms with Crippen LogP contribution in [0.1, 0.15) is 39.5 Å². The summed E-state index contributed by atoms with van der Waals surface area (Å²) in [5.41, 5.74) is 0.649. The van der Waals surface area contributed by atoms with Gasteiger partial charge in [-0.25, -0.2) is 0 Å². The van der Waals surface area contributed by atoms with Crippen molar-refractivity contribution in [2.75, 3.05) is 46.3 Å². The van der Waals surface area contributed by atoms with Crippen LogP contribution in [0.25, 0.3) is 0 Å². The van der Waals surface area contributed by atoms with Gasteiger partial charge in [0.15, 0.2) is 5.96 Å². The second kappa shape index (κ2) is 8.41. The molecule has 1 spiro atoms. The maximum Gasteiger partial charge on any atom is 0.193 e. The van der Waals surface area contributed by atoms with Gasteiger partial charge in [-0.05, 0) is 45.2 Å². The number of aliphatic imine (C=N–C) groups is 1. The van der Waals surface area contributed by atoms with Gasteiger partial charge in [-0.2, -0.15) is 0 Å². The predicted molar refractivity (Wildman–Crippen MR) is 97.0 cm³/mol. The zero-order chi connectivity index (χ0) is 13.7. The minimum Gasteiger partial charge on any atom is -0.357 e. The van der Waals surface area contributed by atoms with Crippen molar-refractivity contribution in [1.82, 2.24) is 15.1 Å². The molecule has 2 rings (SSSR count). The second-order valence-electron chi connectivity index (χ2n) is 6.16. The average molecular weight is 394 g/mol. The van der Waals surface area contributed by atoms with E-state index in [1.807, 2.05) is 0 Å². The SMILES string of the molecule is CCNC(=NCCN(C)CC)N1CCC2(CCC2)C1.I. The first-order valence-electron chi connectivity index (χ1n) is 7.91. The number of nitrogens with zero attached hydrogens (tertiary/aromatic N) is 3. The Hall–Kier alpha value is -0.0400. The molecular weight excluding hydrogens is 363 g/mol. The smallest absolute Gasteiger partial charge is 0.193 e. The number of likely N-dealkylation sites (tertiary alicyclic amines) is 1. The van der Waals surface area contributed by atoms with E-state index in [0.29, 0.717) is 5.41 Å². The first kappa shape index (κ1) is 18.0. The molecular formula is C15H31IN4. The maximum absolute atomic E-state index is 4.80. The summed E-state index contributed by atoms with van der Waals surface area (Å²) in [7, 11) is 2.15. The van der Waals surface area contributed by atoms with Crippen LogP contribution in [-0.4, -0.2) is 62.1 Å². The van der Waals surface area contributed by atoms with Crippen LogP contribution in [0, 0.1) is 5.41 Å². The van der Waals surface area contributed by atoms with Crippen molar-refractivity contribution in [2.24, 2.45) is 10.4 Å². The molecule has 118 valence electrons. The highest BCUT2D eigenvalue weighted by Gasteiger charge is 2.43. The van der Waals surface area contributed by atoms with Crippen molar-refractivity contribution in [3.8, 4) is 0 Å². The molecule has 0 amide bonds. The van der Waals surface area contributed by atoms with Gasteiger partial charge < -0.3 is 15.1 Å². The van der Waals surface area contributed by atoms with Crippen molar-refractivity contribution < 1.29 is 0 Å². The summed E-state index contributed by atoms with van der Waals surface area (Å²) in [6, 6.07) is 0. The highest BCUT2D eigenvalue weighted by atomic mass is 127. The van der Waals surface area contributed by atoms with Crippen LogP contribution < -0.4 is 5.32 Å². The molecule has 20 heavy (non-hydrogen) atoms. The average Bonchev–Trinajstić information content (AvgIpc) is 2.82. The molecule has 0 radical (unpaired) electrons. The Morgan fingerprint density at radius 2 is 2.05 bits per heavy atom. The molecule has 1 aliphatic carbocycles. The fourth-order valence-corrected chi connectivity index (χ4v) is 3.11. The van der Waals surface area contributed by atoms with E-state index in [-0.39, 0.29) is 24.0 Å². The van der Waals surface area contributed by atoms with E-state index in [1.54, 1.807) is 0 Å². The van der Waals surface area contributed by atoms with Crippen LogP contribution in [0.4, 0.5) is 0 Å². The van der Waals surface area contributed by atoms with E-state index in [9.17, 15) is 0 Å². The Balaban J connectivity index is 0.00000200. The van der Waals surface area contributed by atoms with Crippen molar-refractivity contribution in [3.05, 3.63) is 0 Å². The zero-order valence-electron chi connectivity index (χ0n) is 13.3. The number of guanidine groups is 1. The maximum atomic E-state index is 4.80. The van der Waals surface area contributed by atoms with E-state index in [2.05, 4.69) is 36.0 Å². The molecule has 1 saturated carbocycles. The summed E-state index contributed by atoms with van der Waals surface area (Å²) in [5.74, 6) is 1.13. The minimum atomic E-state index is 0. The van der Waals surface area contributed by atoms with Crippen LogP contribution in [0.15, 0.2) is 4.99 Å². The zero-order valence-corrected chi connectivity index (χ0v) is 15.7. The van der Waals surface area contributed by atoms with Crippen LogP contribution >= 0.6 is 24.0 Å². The fourth-order valence-electron chi connectivity index (χ4n) is 3.11. The van der Waals surface area contributed by atoms with E-state index >= 15 is 0 Å². The van der Waals surface area contributed by atoms with Crippen molar-refractivity contribution in [3.63, 3.8) is 0 Å². The lowest BCUT2D eigenvalue weighted by Crippen LogP contribution is -2.42. The molecule has 2 fully saturated rings. The Morgan fingerprint density at radius 1 is 1.30 bits per heavy atom. The quantitative estimate of drug-likeness (QED) is 0.442. The molecule has 2 aliphatic rings. The van der Waals surface area contributed by atoms with E-state index in [4.69, 9.17) is 4.99 Å². The van der Waals surface area contributed by atoms with E-state index in [0.717, 1.165) is 32.1 Å². The van der Waals surface area contributed by atoms with Crippen LogP contribution in [0.3, 0.4) is 0 Å². The number of nitrogens with one attached hydrogen (secondary N) is 1. The summed E-state index contributed by atoms with van der Waals surface area (Å²) in [6.07, 6.45) is 5.66. The first-order chi connectivity index (χ1) is 9.19. The Labute approximate surface area is 141 Å². The third-order valence-corrected chi connectivity index (χ3v) is 4.77. The van der Waals surface area contributed by atoms with Gasteiger partial charge in [-0.1, -0.05) is 13.3 Å². The molecule has 0 aromatic rings. The molecule has 0 bridgehead atoms. The lowest BCUT2D eigenvalue weighted by molar-refractivity contribution is 0.151. The minimum absolute atomic E-state index is 0. The summed E-state index contributed by atoms with van der Waals surface area (Å²) in [5, 5.41) is 3.46. The number of likely N-dealkylation sites (N-methyl/N-ethyl adjacent to an activating group) is 1.